The molecule has 2 aliphatic rings. The number of fused-ring (bicyclic) bond motifs is 7. The Labute approximate surface area is 197 Å². The largest absolute Gasteiger partial charge is 0.307 e. The molecule has 2 saturated carbocycles. The van der Waals surface area contributed by atoms with Crippen molar-refractivity contribution in [1.29, 1.82) is 0 Å². The molecule has 0 aliphatic heterocycles. The minimum absolute atomic E-state index is 0.172. The van der Waals surface area contributed by atoms with E-state index in [9.17, 15) is 4.39 Å². The Hall–Kier alpha value is -3.20. The van der Waals surface area contributed by atoms with Gasteiger partial charge in [0.15, 0.2) is 6.20 Å². The summed E-state index contributed by atoms with van der Waals surface area (Å²) < 4.78 is 19.2. The van der Waals surface area contributed by atoms with Gasteiger partial charge in [0.25, 0.3) is 0 Å². The first-order chi connectivity index (χ1) is 16.5. The Morgan fingerprint density at radius 1 is 0.912 bits per heavy atom. The Bertz CT molecular complexity index is 1830. The van der Waals surface area contributed by atoms with Gasteiger partial charge >= 0.3 is 0 Å². The summed E-state index contributed by atoms with van der Waals surface area (Å²) in [6, 6.07) is 14.8. The van der Waals surface area contributed by atoms with Crippen molar-refractivity contribution in [1.82, 2.24) is 4.40 Å². The summed E-state index contributed by atoms with van der Waals surface area (Å²) in [5.41, 5.74) is 8.94. The second kappa shape index (κ2) is 6.27. The molecule has 168 valence electrons. The van der Waals surface area contributed by atoms with E-state index in [1.165, 1.54) is 75.1 Å². The van der Waals surface area contributed by atoms with Crippen molar-refractivity contribution in [2.45, 2.75) is 45.4 Å². The van der Waals surface area contributed by atoms with Crippen LogP contribution in [-0.2, 0) is 7.05 Å². The summed E-state index contributed by atoms with van der Waals surface area (Å²) in [5, 5.41) is 6.10. The fraction of sp³-hybridized carbons (Fsp3) is 0.323. The van der Waals surface area contributed by atoms with Gasteiger partial charge in [0.05, 0.1) is 27.3 Å². The summed E-state index contributed by atoms with van der Waals surface area (Å²) >= 11 is 0. The van der Waals surface area contributed by atoms with Gasteiger partial charge in [-0.3, -0.25) is 0 Å². The lowest BCUT2D eigenvalue weighted by molar-refractivity contribution is -0.643. The first-order valence-corrected chi connectivity index (χ1v) is 12.7. The van der Waals surface area contributed by atoms with E-state index in [4.69, 9.17) is 0 Å². The molecular weight excluding hydrogens is 419 g/mol. The van der Waals surface area contributed by atoms with Crippen LogP contribution in [0.15, 0.2) is 48.7 Å². The van der Waals surface area contributed by atoms with Crippen LogP contribution < -0.4 is 4.57 Å². The van der Waals surface area contributed by atoms with Crippen molar-refractivity contribution in [2.24, 2.45) is 18.9 Å². The Morgan fingerprint density at radius 3 is 2.59 bits per heavy atom. The van der Waals surface area contributed by atoms with Gasteiger partial charge in [0.2, 0.25) is 5.52 Å². The van der Waals surface area contributed by atoms with Crippen molar-refractivity contribution in [3.8, 4) is 0 Å². The van der Waals surface area contributed by atoms with Crippen molar-refractivity contribution in [3.63, 3.8) is 0 Å². The van der Waals surface area contributed by atoms with Crippen molar-refractivity contribution >= 4 is 49.0 Å². The number of hydrogen-bond acceptors (Lipinski definition) is 0. The summed E-state index contributed by atoms with van der Waals surface area (Å²) in [5.74, 6) is 2.26. The molecule has 0 N–H and O–H groups in total. The smallest absolute Gasteiger partial charge is 0.224 e. The third-order valence-corrected chi connectivity index (χ3v) is 9.41. The van der Waals surface area contributed by atoms with Gasteiger partial charge in [-0.25, -0.2) is 8.96 Å². The molecule has 3 heteroatoms. The zero-order valence-corrected chi connectivity index (χ0v) is 20.0. The SMILES string of the molecule is Cc1cc2c3cc(F)ccc3n3c4cc(C5CC6CCC5C6)cc5cc[n+](C)c(c(c1C)c23)c54. The van der Waals surface area contributed by atoms with Gasteiger partial charge in [-0.2, -0.15) is 0 Å². The topological polar surface area (TPSA) is 8.29 Å². The maximum Gasteiger partial charge on any atom is 0.224 e. The molecular formula is C31H28FN2+. The van der Waals surface area contributed by atoms with E-state index in [0.29, 0.717) is 5.92 Å². The van der Waals surface area contributed by atoms with Gasteiger partial charge < -0.3 is 4.40 Å². The van der Waals surface area contributed by atoms with Crippen molar-refractivity contribution in [2.75, 3.05) is 0 Å². The first kappa shape index (κ1) is 19.1. The Kier molecular flexibility index (Phi) is 3.53. The zero-order valence-electron chi connectivity index (χ0n) is 20.0. The van der Waals surface area contributed by atoms with Crippen LogP contribution >= 0.6 is 0 Å². The van der Waals surface area contributed by atoms with E-state index < -0.39 is 0 Å². The van der Waals surface area contributed by atoms with Gasteiger partial charge in [0.1, 0.15) is 12.9 Å². The molecule has 34 heavy (non-hydrogen) atoms. The monoisotopic (exact) mass is 447 g/mol. The summed E-state index contributed by atoms with van der Waals surface area (Å²) in [6.45, 7) is 4.42. The molecule has 0 radical (unpaired) electrons. The maximum absolute atomic E-state index is 14.5. The zero-order chi connectivity index (χ0) is 22.9. The average molecular weight is 448 g/mol. The van der Waals surface area contributed by atoms with E-state index in [0.717, 1.165) is 28.1 Å². The lowest BCUT2D eigenvalue weighted by Gasteiger charge is -2.23. The van der Waals surface area contributed by atoms with Crippen molar-refractivity contribution in [3.05, 3.63) is 71.2 Å². The number of hydrogen-bond donors (Lipinski definition) is 0. The number of benzene rings is 3. The van der Waals surface area contributed by atoms with Crippen LogP contribution in [-0.4, -0.2) is 4.40 Å². The fourth-order valence-corrected chi connectivity index (χ4v) is 7.77. The minimum atomic E-state index is -0.172. The molecule has 2 aliphatic carbocycles. The summed E-state index contributed by atoms with van der Waals surface area (Å²) in [7, 11) is 2.16. The molecule has 2 fully saturated rings. The second-order valence-corrected chi connectivity index (χ2v) is 11.1. The second-order valence-electron chi connectivity index (χ2n) is 11.1. The van der Waals surface area contributed by atoms with Crippen LogP contribution in [0.5, 0.6) is 0 Å². The summed E-state index contributed by atoms with van der Waals surface area (Å²) in [6.07, 6.45) is 7.77. The van der Waals surface area contributed by atoms with E-state index in [1.807, 2.05) is 6.07 Å². The highest BCUT2D eigenvalue weighted by molar-refractivity contribution is 6.26. The quantitative estimate of drug-likeness (QED) is 0.140. The highest BCUT2D eigenvalue weighted by Crippen LogP contribution is 2.53. The molecule has 3 atom stereocenters. The van der Waals surface area contributed by atoms with Crippen molar-refractivity contribution < 1.29 is 8.96 Å². The first-order valence-electron chi connectivity index (χ1n) is 12.7. The van der Waals surface area contributed by atoms with E-state index in [1.54, 1.807) is 12.1 Å². The number of aromatic nitrogens is 2. The van der Waals surface area contributed by atoms with Crippen LogP contribution in [0.4, 0.5) is 4.39 Å². The minimum Gasteiger partial charge on any atom is -0.307 e. The number of rotatable bonds is 1. The molecule has 0 spiro atoms. The molecule has 6 aromatic rings. The van der Waals surface area contributed by atoms with Gasteiger partial charge in [0, 0.05) is 16.8 Å². The number of halogens is 1. The van der Waals surface area contributed by atoms with Crippen LogP contribution in [0.1, 0.15) is 48.3 Å². The van der Waals surface area contributed by atoms with Crippen LogP contribution in [0.3, 0.4) is 0 Å². The molecule has 3 unspecified atom stereocenters. The highest BCUT2D eigenvalue weighted by Gasteiger charge is 2.40. The average Bonchev–Trinajstić information content (AvgIpc) is 3.54. The molecule has 8 rings (SSSR count). The number of nitrogens with zero attached hydrogens (tertiary/aromatic N) is 2. The third-order valence-electron chi connectivity index (χ3n) is 9.41. The normalized spacial score (nSPS) is 22.5. The van der Waals surface area contributed by atoms with Gasteiger partial charge in [-0.05, 0) is 103 Å². The van der Waals surface area contributed by atoms with E-state index in [2.05, 4.69) is 60.3 Å². The molecule has 2 nitrogen and oxygen atoms in total. The van der Waals surface area contributed by atoms with E-state index in [-0.39, 0.29) is 5.82 Å². The van der Waals surface area contributed by atoms with Gasteiger partial charge in [-0.15, -0.1) is 0 Å². The van der Waals surface area contributed by atoms with Gasteiger partial charge in [-0.1, -0.05) is 12.5 Å². The Morgan fingerprint density at radius 2 is 1.79 bits per heavy atom. The van der Waals surface area contributed by atoms with Crippen LogP contribution in [0.2, 0.25) is 0 Å². The predicted molar refractivity (Wildman–Crippen MR) is 137 cm³/mol. The molecule has 3 aromatic carbocycles. The third kappa shape index (κ3) is 2.23. The molecule has 3 heterocycles. The molecule has 2 bridgehead atoms. The standard InChI is InChI=1S/C31H28FN2/c1-16-10-25-24-15-22(32)6-7-26(24)34-27-14-21(23-12-18-4-5-19(23)11-18)13-20-8-9-33(3)31(29(20)27)28(17(16)2)30(25)34/h6-10,13-15,18-19,23H,4-5,11-12H2,1-3H3/q+1. The molecule has 3 aromatic heterocycles. The number of pyridine rings is 2. The lowest BCUT2D eigenvalue weighted by Crippen LogP contribution is -2.29. The predicted octanol–water partition coefficient (Wildman–Crippen LogP) is 7.47. The van der Waals surface area contributed by atoms with Crippen LogP contribution in [0, 0.1) is 31.5 Å². The number of aryl methyl sites for hydroxylation is 3. The molecule has 0 saturated heterocycles. The molecule has 0 amide bonds. The van der Waals surface area contributed by atoms with E-state index >= 15 is 0 Å². The maximum atomic E-state index is 14.5. The fourth-order valence-electron chi connectivity index (χ4n) is 7.77. The Balaban J connectivity index is 1.65. The van der Waals surface area contributed by atoms with Crippen LogP contribution in [0.25, 0.3) is 49.0 Å². The lowest BCUT2D eigenvalue weighted by atomic mass is 9.82. The summed E-state index contributed by atoms with van der Waals surface area (Å²) in [4.78, 5) is 0. The highest BCUT2D eigenvalue weighted by atomic mass is 19.1.